The molecular formula is C13H7BrF3NO. The Morgan fingerprint density at radius 1 is 1.00 bits per heavy atom. The van der Waals surface area contributed by atoms with E-state index in [1.165, 1.54) is 12.1 Å². The summed E-state index contributed by atoms with van der Waals surface area (Å²) in [6, 6.07) is 6.92. The smallest absolute Gasteiger partial charge is 0.261 e. The molecule has 0 heterocycles. The molecule has 0 saturated carbocycles. The molecule has 0 spiro atoms. The Hall–Kier alpha value is -1.82. The summed E-state index contributed by atoms with van der Waals surface area (Å²) in [6.07, 6.45) is 0. The third kappa shape index (κ3) is 2.96. The molecule has 0 aromatic heterocycles. The summed E-state index contributed by atoms with van der Waals surface area (Å²) in [5, 5.41) is 2.23. The van der Waals surface area contributed by atoms with Crippen LogP contribution >= 0.6 is 15.9 Å². The summed E-state index contributed by atoms with van der Waals surface area (Å²) in [5.74, 6) is -3.52. The third-order valence-electron chi connectivity index (χ3n) is 2.37. The zero-order valence-electron chi connectivity index (χ0n) is 9.38. The maximum atomic E-state index is 13.4. The van der Waals surface area contributed by atoms with E-state index in [4.69, 9.17) is 0 Å². The Labute approximate surface area is 115 Å². The maximum Gasteiger partial charge on any atom is 0.261 e. The lowest BCUT2D eigenvalue weighted by Gasteiger charge is -2.07. The molecular weight excluding hydrogens is 323 g/mol. The van der Waals surface area contributed by atoms with Gasteiger partial charge in [-0.3, -0.25) is 4.79 Å². The SMILES string of the molecule is O=C(Nc1ccc(Br)c(F)c1)c1c(F)cccc1F. The molecule has 0 aliphatic heterocycles. The van der Waals surface area contributed by atoms with Gasteiger partial charge in [-0.1, -0.05) is 6.07 Å². The van der Waals surface area contributed by atoms with Crippen molar-refractivity contribution < 1.29 is 18.0 Å². The fourth-order valence-corrected chi connectivity index (χ4v) is 1.73. The number of amides is 1. The van der Waals surface area contributed by atoms with Gasteiger partial charge in [0.05, 0.1) is 4.47 Å². The number of rotatable bonds is 2. The first kappa shape index (κ1) is 13.6. The van der Waals surface area contributed by atoms with Crippen molar-refractivity contribution in [3.8, 4) is 0 Å². The molecule has 2 aromatic rings. The van der Waals surface area contributed by atoms with Gasteiger partial charge < -0.3 is 5.32 Å². The van der Waals surface area contributed by atoms with Crippen molar-refractivity contribution in [1.29, 1.82) is 0 Å². The van der Waals surface area contributed by atoms with Gasteiger partial charge in [-0.15, -0.1) is 0 Å². The van der Waals surface area contributed by atoms with Crippen LogP contribution in [-0.2, 0) is 0 Å². The number of carbonyl (C=O) groups excluding carboxylic acids is 1. The predicted octanol–water partition coefficient (Wildman–Crippen LogP) is 4.12. The van der Waals surface area contributed by atoms with Crippen molar-refractivity contribution in [2.24, 2.45) is 0 Å². The summed E-state index contributed by atoms with van der Waals surface area (Å²) < 4.78 is 40.2. The molecule has 2 aromatic carbocycles. The van der Waals surface area contributed by atoms with E-state index in [-0.39, 0.29) is 10.2 Å². The minimum atomic E-state index is -0.977. The lowest BCUT2D eigenvalue weighted by molar-refractivity contribution is 0.101. The number of hydrogen-bond donors (Lipinski definition) is 1. The van der Waals surface area contributed by atoms with E-state index in [1.807, 2.05) is 0 Å². The molecule has 1 N–H and O–H groups in total. The first-order chi connectivity index (χ1) is 8.99. The van der Waals surface area contributed by atoms with E-state index < -0.39 is 28.9 Å². The number of halogens is 4. The van der Waals surface area contributed by atoms with Crippen LogP contribution in [0.3, 0.4) is 0 Å². The molecule has 0 unspecified atom stereocenters. The molecule has 2 nitrogen and oxygen atoms in total. The quantitative estimate of drug-likeness (QED) is 0.882. The van der Waals surface area contributed by atoms with Gasteiger partial charge in [0.2, 0.25) is 0 Å². The van der Waals surface area contributed by atoms with Crippen molar-refractivity contribution in [2.45, 2.75) is 0 Å². The number of benzene rings is 2. The second kappa shape index (κ2) is 5.44. The van der Waals surface area contributed by atoms with Gasteiger partial charge in [0.1, 0.15) is 23.0 Å². The summed E-state index contributed by atoms with van der Waals surface area (Å²) in [5.41, 5.74) is -0.598. The Balaban J connectivity index is 2.28. The Bertz CT molecular complexity index is 626. The molecule has 0 radical (unpaired) electrons. The number of carbonyl (C=O) groups is 1. The standard InChI is InChI=1S/C13H7BrF3NO/c14-8-5-4-7(6-11(8)17)18-13(19)12-9(15)2-1-3-10(12)16/h1-6H,(H,18,19). The van der Waals surface area contributed by atoms with Crippen molar-refractivity contribution in [3.05, 3.63) is 63.9 Å². The summed E-state index contributed by atoms with van der Waals surface area (Å²) in [6.45, 7) is 0. The molecule has 98 valence electrons. The molecule has 19 heavy (non-hydrogen) atoms. The third-order valence-corrected chi connectivity index (χ3v) is 3.01. The highest BCUT2D eigenvalue weighted by molar-refractivity contribution is 9.10. The Kier molecular flexibility index (Phi) is 3.90. The van der Waals surface area contributed by atoms with E-state index in [9.17, 15) is 18.0 Å². The van der Waals surface area contributed by atoms with Crippen LogP contribution in [0.5, 0.6) is 0 Å². The van der Waals surface area contributed by atoms with Crippen LogP contribution in [0.2, 0.25) is 0 Å². The minimum absolute atomic E-state index is 0.105. The lowest BCUT2D eigenvalue weighted by atomic mass is 10.2. The van der Waals surface area contributed by atoms with Gasteiger partial charge in [0, 0.05) is 5.69 Å². The highest BCUT2D eigenvalue weighted by Crippen LogP contribution is 2.20. The van der Waals surface area contributed by atoms with Crippen molar-refractivity contribution in [3.63, 3.8) is 0 Å². The van der Waals surface area contributed by atoms with Crippen LogP contribution in [0.1, 0.15) is 10.4 Å². The minimum Gasteiger partial charge on any atom is -0.322 e. The molecule has 2 rings (SSSR count). The molecule has 1 amide bonds. The fraction of sp³-hybridized carbons (Fsp3) is 0. The van der Waals surface area contributed by atoms with Crippen LogP contribution in [0, 0.1) is 17.5 Å². The van der Waals surface area contributed by atoms with Crippen molar-refractivity contribution in [2.75, 3.05) is 5.32 Å². The van der Waals surface area contributed by atoms with E-state index in [1.54, 1.807) is 0 Å². The topological polar surface area (TPSA) is 29.1 Å². The van der Waals surface area contributed by atoms with Crippen molar-refractivity contribution in [1.82, 2.24) is 0 Å². The second-order valence-corrected chi connectivity index (χ2v) is 4.53. The molecule has 0 bridgehead atoms. The molecule has 0 saturated heterocycles. The van der Waals surface area contributed by atoms with Crippen LogP contribution in [0.4, 0.5) is 18.9 Å². The van der Waals surface area contributed by atoms with E-state index >= 15 is 0 Å². The van der Waals surface area contributed by atoms with Gasteiger partial charge >= 0.3 is 0 Å². The number of nitrogens with one attached hydrogen (secondary N) is 1. The zero-order valence-corrected chi connectivity index (χ0v) is 11.0. The van der Waals surface area contributed by atoms with Crippen molar-refractivity contribution >= 4 is 27.5 Å². The zero-order chi connectivity index (χ0) is 14.0. The first-order valence-electron chi connectivity index (χ1n) is 5.19. The molecule has 0 aliphatic rings. The number of anilines is 1. The Morgan fingerprint density at radius 2 is 1.63 bits per heavy atom. The largest absolute Gasteiger partial charge is 0.322 e. The van der Waals surface area contributed by atoms with Crippen LogP contribution < -0.4 is 5.32 Å². The average Bonchev–Trinajstić information content (AvgIpc) is 2.33. The molecule has 0 aliphatic carbocycles. The fourth-order valence-electron chi connectivity index (χ4n) is 1.48. The summed E-state index contributed by atoms with van der Waals surface area (Å²) in [4.78, 5) is 11.7. The van der Waals surface area contributed by atoms with Gasteiger partial charge in [-0.25, -0.2) is 13.2 Å². The van der Waals surface area contributed by atoms with E-state index in [0.717, 1.165) is 24.3 Å². The van der Waals surface area contributed by atoms with Crippen LogP contribution in [-0.4, -0.2) is 5.91 Å². The highest BCUT2D eigenvalue weighted by atomic mass is 79.9. The van der Waals surface area contributed by atoms with Crippen LogP contribution in [0.25, 0.3) is 0 Å². The first-order valence-corrected chi connectivity index (χ1v) is 5.99. The summed E-state index contributed by atoms with van der Waals surface area (Å²) in [7, 11) is 0. The highest BCUT2D eigenvalue weighted by Gasteiger charge is 2.17. The van der Waals surface area contributed by atoms with Gasteiger partial charge in [0.25, 0.3) is 5.91 Å². The average molecular weight is 330 g/mol. The molecule has 6 heteroatoms. The van der Waals surface area contributed by atoms with Gasteiger partial charge in [0.15, 0.2) is 0 Å². The van der Waals surface area contributed by atoms with Gasteiger partial charge in [-0.2, -0.15) is 0 Å². The van der Waals surface area contributed by atoms with E-state index in [2.05, 4.69) is 21.2 Å². The van der Waals surface area contributed by atoms with Crippen LogP contribution in [0.15, 0.2) is 40.9 Å². The summed E-state index contributed by atoms with van der Waals surface area (Å²) >= 11 is 2.96. The maximum absolute atomic E-state index is 13.4. The number of hydrogen-bond acceptors (Lipinski definition) is 1. The second-order valence-electron chi connectivity index (χ2n) is 3.68. The van der Waals surface area contributed by atoms with E-state index in [0.29, 0.717) is 0 Å². The monoisotopic (exact) mass is 329 g/mol. The normalized spacial score (nSPS) is 10.3. The lowest BCUT2D eigenvalue weighted by Crippen LogP contribution is -2.15. The molecule has 0 atom stereocenters. The predicted molar refractivity (Wildman–Crippen MR) is 68.4 cm³/mol. The van der Waals surface area contributed by atoms with Gasteiger partial charge in [-0.05, 0) is 46.3 Å². The molecule has 0 fully saturated rings. The Morgan fingerprint density at radius 3 is 2.21 bits per heavy atom.